The molecule has 0 aliphatic heterocycles. The van der Waals surface area contributed by atoms with Gasteiger partial charge in [0.15, 0.2) is 0 Å². The lowest BCUT2D eigenvalue weighted by Crippen LogP contribution is -2.27. The van der Waals surface area contributed by atoms with Gasteiger partial charge in [0.25, 0.3) is 0 Å². The van der Waals surface area contributed by atoms with Gasteiger partial charge < -0.3 is 15.8 Å². The summed E-state index contributed by atoms with van der Waals surface area (Å²) < 4.78 is 6.17. The monoisotopic (exact) mass is 333 g/mol. The number of aromatic nitrogens is 1. The van der Waals surface area contributed by atoms with Crippen molar-refractivity contribution >= 4 is 38.9 Å². The Kier molecular flexibility index (Phi) is 5.00. The molecule has 0 spiro atoms. The summed E-state index contributed by atoms with van der Waals surface area (Å²) in [5, 5.41) is 5.65. The van der Waals surface area contributed by atoms with E-state index in [1.807, 2.05) is 18.4 Å². The summed E-state index contributed by atoms with van der Waals surface area (Å²) in [5.41, 5.74) is 8.81. The minimum absolute atomic E-state index is 0.0671. The average Bonchev–Trinajstić information content (AvgIpc) is 3.01. The van der Waals surface area contributed by atoms with Crippen LogP contribution in [-0.2, 0) is 9.53 Å². The van der Waals surface area contributed by atoms with Gasteiger partial charge in [0.1, 0.15) is 0 Å². The fraction of sp³-hybridized carbons (Fsp3) is 0.529. The smallest absolute Gasteiger partial charge is 0.306 e. The molecule has 2 aromatic rings. The summed E-state index contributed by atoms with van der Waals surface area (Å²) in [4.78, 5) is 15.9. The zero-order valence-corrected chi connectivity index (χ0v) is 14.2. The van der Waals surface area contributed by atoms with Gasteiger partial charge in [-0.25, -0.2) is 0 Å². The molecule has 1 aliphatic carbocycles. The number of carbonyl (C=O) groups is 1. The maximum Gasteiger partial charge on any atom is 0.306 e. The maximum atomic E-state index is 11.6. The standard InChI is InChI=1S/C17H23N3O2S/c1-2-22-15(21)9-11-3-5-12(6-4-11)20-16-13(18)10-19-14-7-8-23-17(14)16/h7-8,10-12H,2-6,9,18H2,1H3,(H,19,20). The second kappa shape index (κ2) is 7.17. The number of rotatable bonds is 5. The molecule has 0 saturated heterocycles. The van der Waals surface area contributed by atoms with Gasteiger partial charge >= 0.3 is 5.97 Å². The van der Waals surface area contributed by atoms with Crippen molar-refractivity contribution in [1.82, 2.24) is 4.98 Å². The van der Waals surface area contributed by atoms with Gasteiger partial charge in [0, 0.05) is 12.5 Å². The number of hydrogen-bond donors (Lipinski definition) is 2. The van der Waals surface area contributed by atoms with Crippen LogP contribution >= 0.6 is 11.3 Å². The van der Waals surface area contributed by atoms with Crippen LogP contribution in [0.5, 0.6) is 0 Å². The highest BCUT2D eigenvalue weighted by Crippen LogP contribution is 2.35. The zero-order valence-electron chi connectivity index (χ0n) is 13.4. The number of thiophene rings is 1. The van der Waals surface area contributed by atoms with Crippen LogP contribution in [0.1, 0.15) is 39.0 Å². The van der Waals surface area contributed by atoms with Crippen molar-refractivity contribution in [3.05, 3.63) is 17.6 Å². The van der Waals surface area contributed by atoms with Crippen molar-refractivity contribution in [2.45, 2.75) is 45.1 Å². The Morgan fingerprint density at radius 2 is 2.22 bits per heavy atom. The Labute approximate surface area is 140 Å². The summed E-state index contributed by atoms with van der Waals surface area (Å²) in [5.74, 6) is 0.381. The fourth-order valence-electron chi connectivity index (χ4n) is 3.25. The number of esters is 1. The highest BCUT2D eigenvalue weighted by Gasteiger charge is 2.24. The topological polar surface area (TPSA) is 77.2 Å². The molecule has 5 nitrogen and oxygen atoms in total. The SMILES string of the molecule is CCOC(=O)CC1CCC(Nc2c(N)cnc3ccsc23)CC1. The van der Waals surface area contributed by atoms with Crippen LogP contribution in [0, 0.1) is 5.92 Å². The number of fused-ring (bicyclic) bond motifs is 1. The lowest BCUT2D eigenvalue weighted by Gasteiger charge is -2.29. The maximum absolute atomic E-state index is 11.6. The number of nitrogens with two attached hydrogens (primary N) is 1. The fourth-order valence-corrected chi connectivity index (χ4v) is 4.11. The van der Waals surface area contributed by atoms with Crippen molar-refractivity contribution in [2.75, 3.05) is 17.7 Å². The third-order valence-corrected chi connectivity index (χ3v) is 5.38. The first-order valence-corrected chi connectivity index (χ1v) is 9.09. The summed E-state index contributed by atoms with van der Waals surface area (Å²) in [6, 6.07) is 2.42. The van der Waals surface area contributed by atoms with E-state index in [2.05, 4.69) is 10.3 Å². The lowest BCUT2D eigenvalue weighted by atomic mass is 9.84. The Hall–Kier alpha value is -1.82. The number of nitrogens with one attached hydrogen (secondary N) is 1. The van der Waals surface area contributed by atoms with Crippen LogP contribution in [0.4, 0.5) is 11.4 Å². The van der Waals surface area contributed by atoms with Gasteiger partial charge in [0.05, 0.1) is 34.4 Å². The van der Waals surface area contributed by atoms with Gasteiger partial charge in [0.2, 0.25) is 0 Å². The molecule has 0 amide bonds. The van der Waals surface area contributed by atoms with Crippen molar-refractivity contribution < 1.29 is 9.53 Å². The van der Waals surface area contributed by atoms with E-state index in [0.717, 1.165) is 41.6 Å². The Morgan fingerprint density at radius 3 is 2.96 bits per heavy atom. The minimum atomic E-state index is -0.0671. The molecule has 0 radical (unpaired) electrons. The molecule has 6 heteroatoms. The molecule has 1 fully saturated rings. The van der Waals surface area contributed by atoms with Crippen molar-refractivity contribution in [3.8, 4) is 0 Å². The molecule has 2 aromatic heterocycles. The van der Waals surface area contributed by atoms with Crippen LogP contribution in [-0.4, -0.2) is 23.6 Å². The average molecular weight is 333 g/mol. The molecule has 1 saturated carbocycles. The third-order valence-electron chi connectivity index (χ3n) is 4.46. The van der Waals surface area contributed by atoms with E-state index >= 15 is 0 Å². The van der Waals surface area contributed by atoms with E-state index in [9.17, 15) is 4.79 Å². The zero-order chi connectivity index (χ0) is 16.2. The molecule has 0 aromatic carbocycles. The Balaban J connectivity index is 1.59. The van der Waals surface area contributed by atoms with Gasteiger partial charge in [-0.2, -0.15) is 0 Å². The summed E-state index contributed by atoms with van der Waals surface area (Å²) in [6.45, 7) is 2.32. The first kappa shape index (κ1) is 16.1. The molecule has 124 valence electrons. The Bertz CT molecular complexity index is 678. The molecule has 1 aliphatic rings. The second-order valence-corrected chi connectivity index (χ2v) is 7.01. The number of ether oxygens (including phenoxy) is 1. The van der Waals surface area contributed by atoms with Gasteiger partial charge in [-0.15, -0.1) is 11.3 Å². The van der Waals surface area contributed by atoms with Crippen molar-refractivity contribution in [1.29, 1.82) is 0 Å². The molecule has 3 rings (SSSR count). The van der Waals surface area contributed by atoms with Crippen LogP contribution < -0.4 is 11.1 Å². The number of anilines is 2. The second-order valence-electron chi connectivity index (χ2n) is 6.09. The lowest BCUT2D eigenvalue weighted by molar-refractivity contribution is -0.144. The van der Waals surface area contributed by atoms with Gasteiger partial charge in [-0.05, 0) is 50.0 Å². The molecule has 2 heterocycles. The van der Waals surface area contributed by atoms with Crippen molar-refractivity contribution in [2.24, 2.45) is 5.92 Å². The van der Waals surface area contributed by atoms with E-state index in [-0.39, 0.29) is 5.97 Å². The molecule has 3 N–H and O–H groups in total. The molecule has 0 atom stereocenters. The number of hydrogen-bond acceptors (Lipinski definition) is 6. The first-order valence-electron chi connectivity index (χ1n) is 8.21. The molecule has 0 bridgehead atoms. The summed E-state index contributed by atoms with van der Waals surface area (Å²) >= 11 is 1.66. The summed E-state index contributed by atoms with van der Waals surface area (Å²) in [7, 11) is 0. The molecule has 0 unspecified atom stereocenters. The van der Waals surface area contributed by atoms with Gasteiger partial charge in [-0.3, -0.25) is 9.78 Å². The Morgan fingerprint density at radius 1 is 1.43 bits per heavy atom. The number of nitrogens with zero attached hydrogens (tertiary/aromatic N) is 1. The van der Waals surface area contributed by atoms with Crippen LogP contribution in [0.25, 0.3) is 10.2 Å². The van der Waals surface area contributed by atoms with E-state index in [0.29, 0.717) is 30.7 Å². The predicted molar refractivity (Wildman–Crippen MR) is 94.7 cm³/mol. The van der Waals surface area contributed by atoms with E-state index < -0.39 is 0 Å². The number of pyridine rings is 1. The normalized spacial score (nSPS) is 21.3. The molecule has 23 heavy (non-hydrogen) atoms. The van der Waals surface area contributed by atoms with E-state index in [1.54, 1.807) is 17.5 Å². The molecular formula is C17H23N3O2S. The van der Waals surface area contributed by atoms with Crippen LogP contribution in [0.15, 0.2) is 17.6 Å². The largest absolute Gasteiger partial charge is 0.466 e. The highest BCUT2D eigenvalue weighted by molar-refractivity contribution is 7.17. The van der Waals surface area contributed by atoms with Crippen LogP contribution in [0.2, 0.25) is 0 Å². The van der Waals surface area contributed by atoms with Gasteiger partial charge in [-0.1, -0.05) is 0 Å². The highest BCUT2D eigenvalue weighted by atomic mass is 32.1. The summed E-state index contributed by atoms with van der Waals surface area (Å²) in [6.07, 6.45) is 6.48. The minimum Gasteiger partial charge on any atom is -0.466 e. The number of nitrogen functional groups attached to an aromatic ring is 1. The predicted octanol–water partition coefficient (Wildman–Crippen LogP) is 3.80. The number of carbonyl (C=O) groups excluding carboxylic acids is 1. The molecular weight excluding hydrogens is 310 g/mol. The first-order chi connectivity index (χ1) is 11.2. The van der Waals surface area contributed by atoms with E-state index in [1.165, 1.54) is 0 Å². The quantitative estimate of drug-likeness (QED) is 0.814. The van der Waals surface area contributed by atoms with E-state index in [4.69, 9.17) is 10.5 Å². The van der Waals surface area contributed by atoms with Crippen LogP contribution in [0.3, 0.4) is 0 Å². The third kappa shape index (κ3) is 3.75. The van der Waals surface area contributed by atoms with Crippen molar-refractivity contribution in [3.63, 3.8) is 0 Å².